The van der Waals surface area contributed by atoms with Gasteiger partial charge in [0.25, 0.3) is 0 Å². The lowest BCUT2D eigenvalue weighted by Gasteiger charge is -2.18. The highest BCUT2D eigenvalue weighted by Crippen LogP contribution is 2.22. The fraction of sp³-hybridized carbons (Fsp3) is 0.467. The molecule has 20 heavy (non-hydrogen) atoms. The van der Waals surface area contributed by atoms with Gasteiger partial charge < -0.3 is 15.2 Å². The maximum absolute atomic E-state index is 11.7. The number of rotatable bonds is 4. The van der Waals surface area contributed by atoms with Gasteiger partial charge in [0.15, 0.2) is 0 Å². The number of aromatic nitrogens is 1. The number of nitrogens with two attached hydrogens (primary N) is 1. The lowest BCUT2D eigenvalue weighted by Crippen LogP contribution is -2.26. The molecule has 0 atom stereocenters. The van der Waals surface area contributed by atoms with Crippen molar-refractivity contribution < 1.29 is 14.3 Å². The Morgan fingerprint density at radius 3 is 2.75 bits per heavy atom. The zero-order valence-corrected chi connectivity index (χ0v) is 12.3. The van der Waals surface area contributed by atoms with Gasteiger partial charge in [-0.3, -0.25) is 4.79 Å². The largest absolute Gasteiger partial charge is 0.481 e. The summed E-state index contributed by atoms with van der Waals surface area (Å²) in [7, 11) is 1.53. The lowest BCUT2D eigenvalue weighted by molar-refractivity contribution is -0.153. The topological polar surface area (TPSA) is 74.4 Å². The van der Waals surface area contributed by atoms with Crippen molar-refractivity contribution in [1.29, 1.82) is 0 Å². The van der Waals surface area contributed by atoms with E-state index in [9.17, 15) is 4.79 Å². The smallest absolute Gasteiger partial charge is 0.312 e. The van der Waals surface area contributed by atoms with Crippen LogP contribution >= 0.6 is 0 Å². The van der Waals surface area contributed by atoms with Gasteiger partial charge in [0.2, 0.25) is 5.88 Å². The summed E-state index contributed by atoms with van der Waals surface area (Å²) in [6.07, 6.45) is 0.365. The molecule has 1 aromatic heterocycles. The zero-order chi connectivity index (χ0) is 15.2. The van der Waals surface area contributed by atoms with E-state index in [1.54, 1.807) is 32.9 Å². The van der Waals surface area contributed by atoms with Gasteiger partial charge in [0.1, 0.15) is 5.69 Å². The molecule has 1 heterocycles. The molecule has 0 amide bonds. The van der Waals surface area contributed by atoms with E-state index < -0.39 is 5.41 Å². The van der Waals surface area contributed by atoms with Crippen LogP contribution in [0, 0.1) is 17.3 Å². The first-order chi connectivity index (χ1) is 9.40. The number of carbonyl (C=O) groups excluding carboxylic acids is 1. The highest BCUT2D eigenvalue weighted by Gasteiger charge is 2.27. The van der Waals surface area contributed by atoms with Crippen molar-refractivity contribution in [3.63, 3.8) is 0 Å². The molecule has 0 radical (unpaired) electrons. The van der Waals surface area contributed by atoms with E-state index in [1.807, 2.05) is 0 Å². The van der Waals surface area contributed by atoms with Crippen molar-refractivity contribution in [2.24, 2.45) is 5.41 Å². The average Bonchev–Trinajstić information content (AvgIpc) is 2.41. The minimum absolute atomic E-state index is 0.263. The van der Waals surface area contributed by atoms with E-state index in [4.69, 9.17) is 15.2 Å². The summed E-state index contributed by atoms with van der Waals surface area (Å²) in [5, 5.41) is 0. The van der Waals surface area contributed by atoms with E-state index in [1.165, 1.54) is 7.11 Å². The van der Waals surface area contributed by atoms with Gasteiger partial charge in [0, 0.05) is 12.5 Å². The van der Waals surface area contributed by atoms with Crippen molar-refractivity contribution in [2.75, 3.05) is 19.5 Å². The van der Waals surface area contributed by atoms with Gasteiger partial charge in [-0.25, -0.2) is 4.98 Å². The minimum atomic E-state index is -0.656. The number of esters is 1. The summed E-state index contributed by atoms with van der Waals surface area (Å²) in [5.74, 6) is 5.98. The number of hydrogen-bond acceptors (Lipinski definition) is 5. The van der Waals surface area contributed by atoms with E-state index in [0.29, 0.717) is 30.3 Å². The fourth-order valence-electron chi connectivity index (χ4n) is 1.41. The molecular weight excluding hydrogens is 256 g/mol. The molecule has 0 spiro atoms. The second kappa shape index (κ2) is 6.80. The number of nitrogens with zero attached hydrogens (tertiary/aromatic N) is 1. The minimum Gasteiger partial charge on any atom is -0.481 e. The first-order valence-electron chi connectivity index (χ1n) is 6.37. The maximum atomic E-state index is 11.7. The van der Waals surface area contributed by atoms with Gasteiger partial charge in [-0.1, -0.05) is 5.92 Å². The third-order valence-corrected chi connectivity index (χ3v) is 2.68. The van der Waals surface area contributed by atoms with Crippen molar-refractivity contribution in [3.05, 3.63) is 17.8 Å². The second-order valence-corrected chi connectivity index (χ2v) is 4.87. The Morgan fingerprint density at radius 1 is 1.45 bits per heavy atom. The van der Waals surface area contributed by atoms with Crippen LogP contribution in [-0.4, -0.2) is 24.7 Å². The van der Waals surface area contributed by atoms with Crippen LogP contribution in [0.25, 0.3) is 0 Å². The first-order valence-corrected chi connectivity index (χ1v) is 6.37. The van der Waals surface area contributed by atoms with Crippen LogP contribution in [0.2, 0.25) is 0 Å². The number of methoxy groups -OCH3 is 1. The second-order valence-electron chi connectivity index (χ2n) is 4.87. The number of anilines is 1. The van der Waals surface area contributed by atoms with E-state index in [0.717, 1.165) is 0 Å². The Bertz CT molecular complexity index is 542. The predicted molar refractivity (Wildman–Crippen MR) is 77.1 cm³/mol. The summed E-state index contributed by atoms with van der Waals surface area (Å²) in [5.41, 5.74) is 6.06. The van der Waals surface area contributed by atoms with E-state index >= 15 is 0 Å². The highest BCUT2D eigenvalue weighted by molar-refractivity contribution is 5.76. The highest BCUT2D eigenvalue weighted by atomic mass is 16.5. The fourth-order valence-corrected chi connectivity index (χ4v) is 1.41. The Kier molecular flexibility index (Phi) is 5.39. The molecule has 5 heteroatoms. The van der Waals surface area contributed by atoms with E-state index in [-0.39, 0.29) is 5.97 Å². The molecule has 0 aromatic carbocycles. The number of hydrogen-bond donors (Lipinski definition) is 1. The molecule has 1 rings (SSSR count). The van der Waals surface area contributed by atoms with Gasteiger partial charge in [0.05, 0.1) is 24.8 Å². The lowest BCUT2D eigenvalue weighted by atomic mass is 9.90. The predicted octanol–water partition coefficient (Wildman–Crippen LogP) is 2.00. The Hall–Kier alpha value is -2.22. The number of pyridine rings is 1. The molecule has 0 saturated carbocycles. The molecule has 2 N–H and O–H groups in total. The summed E-state index contributed by atoms with van der Waals surface area (Å²) < 4.78 is 10.0. The van der Waals surface area contributed by atoms with Gasteiger partial charge >= 0.3 is 5.97 Å². The molecule has 0 aliphatic rings. The SMILES string of the molecule is CCOC(=O)C(C)(C)CC#Cc1nc(OC)ccc1N. The van der Waals surface area contributed by atoms with Crippen LogP contribution in [0.3, 0.4) is 0 Å². The molecule has 0 bridgehead atoms. The van der Waals surface area contributed by atoms with Crippen molar-refractivity contribution in [1.82, 2.24) is 4.98 Å². The van der Waals surface area contributed by atoms with Crippen LogP contribution in [0.15, 0.2) is 12.1 Å². The van der Waals surface area contributed by atoms with Crippen LogP contribution in [0.1, 0.15) is 32.9 Å². The Labute approximate surface area is 119 Å². The third kappa shape index (κ3) is 4.16. The molecule has 1 aromatic rings. The monoisotopic (exact) mass is 276 g/mol. The van der Waals surface area contributed by atoms with Crippen LogP contribution in [0.5, 0.6) is 5.88 Å². The summed E-state index contributed by atoms with van der Waals surface area (Å²) in [6, 6.07) is 3.36. The van der Waals surface area contributed by atoms with Gasteiger partial charge in [-0.2, -0.15) is 0 Å². The van der Waals surface area contributed by atoms with Gasteiger partial charge in [-0.15, -0.1) is 0 Å². The summed E-state index contributed by atoms with van der Waals surface area (Å²) >= 11 is 0. The molecule has 0 saturated heterocycles. The van der Waals surface area contributed by atoms with Crippen molar-refractivity contribution in [2.45, 2.75) is 27.2 Å². The Morgan fingerprint density at radius 2 is 2.15 bits per heavy atom. The van der Waals surface area contributed by atoms with Crippen molar-refractivity contribution in [3.8, 4) is 17.7 Å². The third-order valence-electron chi connectivity index (χ3n) is 2.68. The standard InChI is InChI=1S/C15H20N2O3/c1-5-20-14(18)15(2,3)10-6-7-12-11(16)8-9-13(17-12)19-4/h8-9H,5,10,16H2,1-4H3. The van der Waals surface area contributed by atoms with E-state index in [2.05, 4.69) is 16.8 Å². The summed E-state index contributed by atoms with van der Waals surface area (Å²) in [6.45, 7) is 5.73. The quantitative estimate of drug-likeness (QED) is 0.672. The van der Waals surface area contributed by atoms with Gasteiger partial charge in [-0.05, 0) is 32.8 Å². The van der Waals surface area contributed by atoms with Crippen LogP contribution in [-0.2, 0) is 9.53 Å². The maximum Gasteiger partial charge on any atom is 0.312 e. The molecule has 108 valence electrons. The Balaban J connectivity index is 2.82. The van der Waals surface area contributed by atoms with Crippen LogP contribution < -0.4 is 10.5 Å². The average molecular weight is 276 g/mol. The van der Waals surface area contributed by atoms with Crippen molar-refractivity contribution >= 4 is 11.7 Å². The zero-order valence-electron chi connectivity index (χ0n) is 12.3. The normalized spacial score (nSPS) is 10.4. The number of carbonyl (C=O) groups is 1. The first kappa shape index (κ1) is 15.8. The summed E-state index contributed by atoms with van der Waals surface area (Å²) in [4.78, 5) is 15.9. The molecule has 5 nitrogen and oxygen atoms in total. The number of nitrogen functional groups attached to an aromatic ring is 1. The molecule has 0 fully saturated rings. The van der Waals surface area contributed by atoms with Crippen LogP contribution in [0.4, 0.5) is 5.69 Å². The molecule has 0 unspecified atom stereocenters. The molecular formula is C15H20N2O3. The molecule has 0 aliphatic carbocycles. The number of ether oxygens (including phenoxy) is 2. The molecule has 0 aliphatic heterocycles.